The van der Waals surface area contributed by atoms with E-state index in [0.717, 1.165) is 18.5 Å². The van der Waals surface area contributed by atoms with Crippen molar-refractivity contribution >= 4 is 16.9 Å². The molecular formula is C15H15NO4. The van der Waals surface area contributed by atoms with Gasteiger partial charge in [0.25, 0.3) is 0 Å². The second-order valence-electron chi connectivity index (χ2n) is 4.90. The fourth-order valence-corrected chi connectivity index (χ4v) is 2.36. The molecule has 3 rings (SSSR count). The van der Waals surface area contributed by atoms with Crippen LogP contribution >= 0.6 is 0 Å². The highest BCUT2D eigenvalue weighted by Crippen LogP contribution is 2.42. The average molecular weight is 273 g/mol. The molecule has 5 heteroatoms. The van der Waals surface area contributed by atoms with Gasteiger partial charge in [0.05, 0.1) is 30.7 Å². The molecule has 1 saturated carbocycles. The Morgan fingerprint density at radius 3 is 2.55 bits per heavy atom. The second-order valence-corrected chi connectivity index (χ2v) is 4.90. The number of aromatic carboxylic acids is 1. The Balaban J connectivity index is 2.34. The van der Waals surface area contributed by atoms with Gasteiger partial charge in [0.1, 0.15) is 11.5 Å². The molecule has 1 aliphatic carbocycles. The summed E-state index contributed by atoms with van der Waals surface area (Å²) < 4.78 is 10.5. The van der Waals surface area contributed by atoms with Crippen molar-refractivity contribution in [3.63, 3.8) is 0 Å². The minimum absolute atomic E-state index is 0.233. The number of hydrogen-bond acceptors (Lipinski definition) is 4. The average Bonchev–Trinajstić information content (AvgIpc) is 3.29. The number of benzene rings is 1. The van der Waals surface area contributed by atoms with E-state index in [2.05, 4.69) is 4.98 Å². The summed E-state index contributed by atoms with van der Waals surface area (Å²) >= 11 is 0. The number of rotatable bonds is 4. The molecule has 1 heterocycles. The third kappa shape index (κ3) is 2.05. The van der Waals surface area contributed by atoms with Gasteiger partial charge in [0, 0.05) is 23.7 Å². The smallest absolute Gasteiger partial charge is 0.336 e. The zero-order valence-electron chi connectivity index (χ0n) is 11.3. The van der Waals surface area contributed by atoms with Gasteiger partial charge < -0.3 is 14.6 Å². The normalized spacial score (nSPS) is 14.3. The minimum Gasteiger partial charge on any atom is -0.497 e. The molecule has 0 aliphatic heterocycles. The van der Waals surface area contributed by atoms with E-state index in [1.54, 1.807) is 25.3 Å². The molecule has 0 radical (unpaired) electrons. The van der Waals surface area contributed by atoms with Gasteiger partial charge in [-0.25, -0.2) is 4.79 Å². The SMILES string of the molecule is COc1cc(OC)c2c(C(=O)O)cc(C3CC3)nc2c1. The van der Waals surface area contributed by atoms with Crippen LogP contribution in [0.2, 0.25) is 0 Å². The van der Waals surface area contributed by atoms with Gasteiger partial charge in [-0.15, -0.1) is 0 Å². The van der Waals surface area contributed by atoms with Gasteiger partial charge in [-0.1, -0.05) is 0 Å². The van der Waals surface area contributed by atoms with Crippen LogP contribution in [0.3, 0.4) is 0 Å². The van der Waals surface area contributed by atoms with Crippen molar-refractivity contribution in [3.05, 3.63) is 29.5 Å². The van der Waals surface area contributed by atoms with Gasteiger partial charge in [0.15, 0.2) is 0 Å². The quantitative estimate of drug-likeness (QED) is 0.927. The highest BCUT2D eigenvalue weighted by molar-refractivity contribution is 6.05. The first-order valence-corrected chi connectivity index (χ1v) is 6.44. The molecule has 1 aromatic heterocycles. The Morgan fingerprint density at radius 1 is 1.25 bits per heavy atom. The third-order valence-electron chi connectivity index (χ3n) is 3.55. The summed E-state index contributed by atoms with van der Waals surface area (Å²) in [4.78, 5) is 16.1. The lowest BCUT2D eigenvalue weighted by Gasteiger charge is -2.12. The number of carboxylic acids is 1. The fourth-order valence-electron chi connectivity index (χ4n) is 2.36. The van der Waals surface area contributed by atoms with Crippen LogP contribution in [-0.2, 0) is 0 Å². The number of fused-ring (bicyclic) bond motifs is 1. The van der Waals surface area contributed by atoms with E-state index in [-0.39, 0.29) is 5.56 Å². The summed E-state index contributed by atoms with van der Waals surface area (Å²) in [6, 6.07) is 5.08. The number of hydrogen-bond donors (Lipinski definition) is 1. The van der Waals surface area contributed by atoms with Crippen LogP contribution in [0, 0.1) is 0 Å². The van der Waals surface area contributed by atoms with Crippen molar-refractivity contribution < 1.29 is 19.4 Å². The number of carbonyl (C=O) groups is 1. The van der Waals surface area contributed by atoms with Crippen LogP contribution in [0.15, 0.2) is 18.2 Å². The number of aromatic nitrogens is 1. The van der Waals surface area contributed by atoms with E-state index in [1.807, 2.05) is 0 Å². The lowest BCUT2D eigenvalue weighted by molar-refractivity contribution is 0.0698. The zero-order valence-corrected chi connectivity index (χ0v) is 11.3. The Bertz CT molecular complexity index is 692. The maximum absolute atomic E-state index is 11.5. The standard InChI is InChI=1S/C15H15NO4/c1-19-9-5-12-14(13(6-9)20-2)10(15(17)18)7-11(16-12)8-3-4-8/h5-8H,3-4H2,1-2H3,(H,17,18). The molecule has 2 aromatic rings. The summed E-state index contributed by atoms with van der Waals surface area (Å²) in [7, 11) is 3.07. The molecule has 0 amide bonds. The molecule has 1 aliphatic rings. The van der Waals surface area contributed by atoms with Crippen LogP contribution in [0.1, 0.15) is 34.8 Å². The molecule has 0 spiro atoms. The summed E-state index contributed by atoms with van der Waals surface area (Å²) in [5.74, 6) is 0.482. The Kier molecular flexibility index (Phi) is 2.97. The minimum atomic E-state index is -0.970. The first-order chi connectivity index (χ1) is 9.63. The largest absolute Gasteiger partial charge is 0.497 e. The van der Waals surface area contributed by atoms with Crippen LogP contribution in [-0.4, -0.2) is 30.3 Å². The lowest BCUT2D eigenvalue weighted by Crippen LogP contribution is -2.03. The second kappa shape index (κ2) is 4.67. The molecule has 0 bridgehead atoms. The van der Waals surface area contributed by atoms with Crippen molar-refractivity contribution in [2.75, 3.05) is 14.2 Å². The first kappa shape index (κ1) is 12.7. The van der Waals surface area contributed by atoms with Crippen molar-refractivity contribution in [1.82, 2.24) is 4.98 Å². The van der Waals surface area contributed by atoms with Crippen molar-refractivity contribution in [2.24, 2.45) is 0 Å². The predicted molar refractivity (Wildman–Crippen MR) is 73.8 cm³/mol. The number of methoxy groups -OCH3 is 2. The summed E-state index contributed by atoms with van der Waals surface area (Å²) in [6.07, 6.45) is 2.14. The van der Waals surface area contributed by atoms with Crippen LogP contribution in [0.25, 0.3) is 10.9 Å². The predicted octanol–water partition coefficient (Wildman–Crippen LogP) is 2.83. The molecule has 0 saturated heterocycles. The summed E-state index contributed by atoms with van der Waals surface area (Å²) in [5, 5.41) is 9.96. The van der Waals surface area contributed by atoms with Crippen molar-refractivity contribution in [3.8, 4) is 11.5 Å². The van der Waals surface area contributed by atoms with E-state index in [1.165, 1.54) is 7.11 Å². The molecule has 20 heavy (non-hydrogen) atoms. The van der Waals surface area contributed by atoms with E-state index in [9.17, 15) is 9.90 Å². The Morgan fingerprint density at radius 2 is 2.00 bits per heavy atom. The van der Waals surface area contributed by atoms with Crippen LogP contribution < -0.4 is 9.47 Å². The summed E-state index contributed by atoms with van der Waals surface area (Å²) in [6.45, 7) is 0. The van der Waals surface area contributed by atoms with Gasteiger partial charge in [-0.05, 0) is 18.9 Å². The maximum Gasteiger partial charge on any atom is 0.336 e. The Labute approximate surface area is 116 Å². The zero-order chi connectivity index (χ0) is 14.3. The fraction of sp³-hybridized carbons (Fsp3) is 0.333. The molecule has 1 aromatic carbocycles. The highest BCUT2D eigenvalue weighted by Gasteiger charge is 2.27. The molecule has 104 valence electrons. The highest BCUT2D eigenvalue weighted by atomic mass is 16.5. The van der Waals surface area contributed by atoms with Crippen molar-refractivity contribution in [2.45, 2.75) is 18.8 Å². The Hall–Kier alpha value is -2.30. The molecule has 1 fully saturated rings. The number of carboxylic acid groups (broad SMARTS) is 1. The maximum atomic E-state index is 11.5. The number of nitrogens with zero attached hydrogens (tertiary/aromatic N) is 1. The van der Waals surface area contributed by atoms with E-state index in [0.29, 0.717) is 28.3 Å². The first-order valence-electron chi connectivity index (χ1n) is 6.44. The van der Waals surface area contributed by atoms with Gasteiger partial charge in [0.2, 0.25) is 0 Å². The van der Waals surface area contributed by atoms with Gasteiger partial charge in [-0.3, -0.25) is 4.98 Å². The van der Waals surface area contributed by atoms with Crippen LogP contribution in [0.4, 0.5) is 0 Å². The van der Waals surface area contributed by atoms with Gasteiger partial charge in [-0.2, -0.15) is 0 Å². The molecular weight excluding hydrogens is 258 g/mol. The molecule has 5 nitrogen and oxygen atoms in total. The monoisotopic (exact) mass is 273 g/mol. The molecule has 0 unspecified atom stereocenters. The van der Waals surface area contributed by atoms with E-state index >= 15 is 0 Å². The molecule has 1 N–H and O–H groups in total. The van der Waals surface area contributed by atoms with Crippen molar-refractivity contribution in [1.29, 1.82) is 0 Å². The third-order valence-corrected chi connectivity index (χ3v) is 3.55. The lowest BCUT2D eigenvalue weighted by atomic mass is 10.0. The van der Waals surface area contributed by atoms with E-state index < -0.39 is 5.97 Å². The van der Waals surface area contributed by atoms with Gasteiger partial charge >= 0.3 is 5.97 Å². The summed E-state index contributed by atoms with van der Waals surface area (Å²) in [5.41, 5.74) is 1.67. The van der Waals surface area contributed by atoms with Crippen LogP contribution in [0.5, 0.6) is 11.5 Å². The topological polar surface area (TPSA) is 68.7 Å². The number of ether oxygens (including phenoxy) is 2. The number of pyridine rings is 1. The van der Waals surface area contributed by atoms with E-state index in [4.69, 9.17) is 9.47 Å². The molecule has 0 atom stereocenters.